The second kappa shape index (κ2) is 13.1. The van der Waals surface area contributed by atoms with E-state index in [1.54, 1.807) is 12.3 Å². The molecule has 0 aliphatic carbocycles. The van der Waals surface area contributed by atoms with Crippen molar-refractivity contribution in [3.8, 4) is 0 Å². The molecule has 1 aromatic carbocycles. The summed E-state index contributed by atoms with van der Waals surface area (Å²) in [4.78, 5) is 11.0. The van der Waals surface area contributed by atoms with Gasteiger partial charge in [-0.15, -0.1) is 24.0 Å². The molecule has 1 saturated heterocycles. The van der Waals surface area contributed by atoms with Gasteiger partial charge in [0.1, 0.15) is 4.90 Å². The largest absolute Gasteiger partial charge is 0.357 e. The van der Waals surface area contributed by atoms with Crippen LogP contribution in [0.15, 0.2) is 64.7 Å². The van der Waals surface area contributed by atoms with Crippen LogP contribution >= 0.6 is 24.0 Å². The van der Waals surface area contributed by atoms with Crippen LogP contribution in [0.25, 0.3) is 0 Å². The lowest BCUT2D eigenvalue weighted by Gasteiger charge is -2.21. The number of benzene rings is 1. The number of halogens is 1. The summed E-state index contributed by atoms with van der Waals surface area (Å²) in [5.74, 6) is 0.710. The van der Waals surface area contributed by atoms with Gasteiger partial charge in [0.25, 0.3) is 0 Å². The van der Waals surface area contributed by atoms with Gasteiger partial charge < -0.3 is 10.6 Å². The maximum atomic E-state index is 12.3. The number of pyridine rings is 1. The lowest BCUT2D eigenvalue weighted by atomic mass is 10.2. The second-order valence-corrected chi connectivity index (χ2v) is 9.46. The molecule has 32 heavy (non-hydrogen) atoms. The third-order valence-corrected chi connectivity index (χ3v) is 6.68. The first-order chi connectivity index (χ1) is 15.0. The Labute approximate surface area is 208 Å². The van der Waals surface area contributed by atoms with Crippen LogP contribution in [-0.2, 0) is 16.6 Å². The molecule has 176 valence electrons. The molecule has 2 aromatic rings. The molecule has 1 aliphatic rings. The van der Waals surface area contributed by atoms with Gasteiger partial charge in [-0.05, 0) is 38.0 Å². The number of aliphatic imine (C=N–C) groups is 1. The second-order valence-electron chi connectivity index (χ2n) is 7.69. The first-order valence-electron chi connectivity index (χ1n) is 10.7. The lowest BCUT2D eigenvalue weighted by Crippen LogP contribution is -2.45. The smallest absolute Gasteiger partial charge is 0.242 e. The van der Waals surface area contributed by atoms with Crippen molar-refractivity contribution in [3.63, 3.8) is 0 Å². The summed E-state index contributed by atoms with van der Waals surface area (Å²) in [6.07, 6.45) is 3.91. The van der Waals surface area contributed by atoms with Crippen molar-refractivity contribution in [3.05, 3.63) is 60.4 Å². The molecule has 1 aromatic heterocycles. The Bertz CT molecular complexity index is 943. The van der Waals surface area contributed by atoms with Gasteiger partial charge in [0.05, 0.1) is 6.54 Å². The van der Waals surface area contributed by atoms with Gasteiger partial charge in [-0.25, -0.2) is 13.1 Å². The van der Waals surface area contributed by atoms with E-state index in [1.807, 2.05) is 13.0 Å². The molecule has 2 unspecified atom stereocenters. The maximum Gasteiger partial charge on any atom is 0.242 e. The van der Waals surface area contributed by atoms with Crippen molar-refractivity contribution in [2.24, 2.45) is 4.99 Å². The molecule has 1 aliphatic heterocycles. The van der Waals surface area contributed by atoms with E-state index in [4.69, 9.17) is 0 Å². The Morgan fingerprint density at radius 3 is 2.69 bits per heavy atom. The molecule has 3 N–H and O–H groups in total. The summed E-state index contributed by atoms with van der Waals surface area (Å²) in [6.45, 7) is 7.43. The average Bonchev–Trinajstić information content (AvgIpc) is 3.11. The first kappa shape index (κ1) is 26.5. The molecule has 8 nitrogen and oxygen atoms in total. The van der Waals surface area contributed by atoms with Crippen molar-refractivity contribution >= 4 is 40.0 Å². The summed E-state index contributed by atoms with van der Waals surface area (Å²) in [6, 6.07) is 14.4. The number of nitrogens with zero attached hydrogens (tertiary/aromatic N) is 3. The number of nitrogens with one attached hydrogen (secondary N) is 3. The van der Waals surface area contributed by atoms with E-state index in [-0.39, 0.29) is 35.4 Å². The number of rotatable bonds is 9. The molecule has 0 spiro atoms. The SMILES string of the molecule is CCNC(=NCCNS(=O)(=O)c1cccnc1)NC1CC(C)N(Cc2ccccc2)C1.I. The molecule has 0 saturated carbocycles. The fraction of sp³-hybridized carbons (Fsp3) is 0.455. The van der Waals surface area contributed by atoms with Crippen LogP contribution in [0.4, 0.5) is 0 Å². The van der Waals surface area contributed by atoms with E-state index in [0.717, 1.165) is 26.1 Å². The average molecular weight is 573 g/mol. The van der Waals surface area contributed by atoms with Gasteiger partial charge in [0.2, 0.25) is 10.0 Å². The summed E-state index contributed by atoms with van der Waals surface area (Å²) in [5.41, 5.74) is 1.32. The maximum absolute atomic E-state index is 12.3. The zero-order valence-electron chi connectivity index (χ0n) is 18.6. The molecule has 0 amide bonds. The number of sulfonamides is 1. The van der Waals surface area contributed by atoms with Gasteiger partial charge in [-0.1, -0.05) is 30.3 Å². The van der Waals surface area contributed by atoms with Gasteiger partial charge in [0, 0.05) is 50.7 Å². The number of hydrogen-bond donors (Lipinski definition) is 3. The quantitative estimate of drug-likeness (QED) is 0.185. The van der Waals surface area contributed by atoms with Gasteiger partial charge in [-0.3, -0.25) is 14.9 Å². The highest BCUT2D eigenvalue weighted by molar-refractivity contribution is 14.0. The first-order valence-corrected chi connectivity index (χ1v) is 12.2. The van der Waals surface area contributed by atoms with E-state index in [0.29, 0.717) is 24.6 Å². The van der Waals surface area contributed by atoms with Crippen LogP contribution in [0.2, 0.25) is 0 Å². The molecule has 10 heteroatoms. The molecule has 3 rings (SSSR count). The van der Waals surface area contributed by atoms with Gasteiger partial charge in [0.15, 0.2) is 5.96 Å². The van der Waals surface area contributed by atoms with E-state index >= 15 is 0 Å². The number of hydrogen-bond acceptors (Lipinski definition) is 5. The Hall–Kier alpha value is -1.76. The molecule has 0 bridgehead atoms. The zero-order valence-corrected chi connectivity index (χ0v) is 21.7. The predicted octanol–water partition coefficient (Wildman–Crippen LogP) is 2.20. The van der Waals surface area contributed by atoms with Crippen molar-refractivity contribution in [1.29, 1.82) is 0 Å². The summed E-state index contributed by atoms with van der Waals surface area (Å²) >= 11 is 0. The molecule has 2 atom stereocenters. The third kappa shape index (κ3) is 7.98. The monoisotopic (exact) mass is 572 g/mol. The fourth-order valence-electron chi connectivity index (χ4n) is 3.69. The van der Waals surface area contributed by atoms with Crippen LogP contribution in [-0.4, -0.2) is 62.5 Å². The lowest BCUT2D eigenvalue weighted by molar-refractivity contribution is 0.258. The van der Waals surface area contributed by atoms with Crippen LogP contribution in [0.3, 0.4) is 0 Å². The highest BCUT2D eigenvalue weighted by Crippen LogP contribution is 2.20. The number of guanidine groups is 1. The van der Waals surface area contributed by atoms with E-state index < -0.39 is 10.0 Å². The van der Waals surface area contributed by atoms with Crippen molar-refractivity contribution in [1.82, 2.24) is 25.2 Å². The zero-order chi connectivity index (χ0) is 22.1. The van der Waals surface area contributed by atoms with Crippen LogP contribution in [0, 0.1) is 0 Å². The summed E-state index contributed by atoms with van der Waals surface area (Å²) in [5, 5.41) is 6.75. The van der Waals surface area contributed by atoms with E-state index in [1.165, 1.54) is 17.8 Å². The van der Waals surface area contributed by atoms with Gasteiger partial charge in [-0.2, -0.15) is 0 Å². The topological polar surface area (TPSA) is 98.7 Å². The molecular formula is C22H33IN6O2S. The molecule has 0 radical (unpaired) electrons. The standard InChI is InChI=1S/C22H32N6O2S.HI/c1-3-24-22(25-12-13-26-31(29,30)21-10-7-11-23-15-21)27-20-14-18(2)28(17-20)16-19-8-5-4-6-9-19;/h4-11,15,18,20,26H,3,12-14,16-17H2,1-2H3,(H2,24,25,27);1H. The summed E-state index contributed by atoms with van der Waals surface area (Å²) in [7, 11) is -3.57. The minimum atomic E-state index is -3.57. The molecule has 2 heterocycles. The van der Waals surface area contributed by atoms with E-state index in [9.17, 15) is 8.42 Å². The Morgan fingerprint density at radius 1 is 1.22 bits per heavy atom. The molecule has 1 fully saturated rings. The minimum absolute atomic E-state index is 0. The van der Waals surface area contributed by atoms with Crippen LogP contribution < -0.4 is 15.4 Å². The summed E-state index contributed by atoms with van der Waals surface area (Å²) < 4.78 is 27.1. The highest BCUT2D eigenvalue weighted by atomic mass is 127. The van der Waals surface area contributed by atoms with Crippen molar-refractivity contribution in [2.45, 2.75) is 43.8 Å². The number of likely N-dealkylation sites (tertiary alicyclic amines) is 1. The number of aromatic nitrogens is 1. The van der Waals surface area contributed by atoms with Crippen molar-refractivity contribution < 1.29 is 8.42 Å². The third-order valence-electron chi connectivity index (χ3n) is 5.24. The van der Waals surface area contributed by atoms with Crippen LogP contribution in [0.5, 0.6) is 0 Å². The Kier molecular flexibility index (Phi) is 10.8. The van der Waals surface area contributed by atoms with Crippen LogP contribution in [0.1, 0.15) is 25.8 Å². The minimum Gasteiger partial charge on any atom is -0.357 e. The Morgan fingerprint density at radius 2 is 2.00 bits per heavy atom. The highest BCUT2D eigenvalue weighted by Gasteiger charge is 2.29. The van der Waals surface area contributed by atoms with E-state index in [2.05, 4.69) is 61.4 Å². The predicted molar refractivity (Wildman–Crippen MR) is 139 cm³/mol. The fourth-order valence-corrected chi connectivity index (χ4v) is 4.68. The normalized spacial score (nSPS) is 19.4. The molecular weight excluding hydrogens is 539 g/mol. The Balaban J connectivity index is 0.00000363. The van der Waals surface area contributed by atoms with Gasteiger partial charge >= 0.3 is 0 Å². The van der Waals surface area contributed by atoms with Crippen molar-refractivity contribution in [2.75, 3.05) is 26.2 Å².